The van der Waals surface area contributed by atoms with Crippen molar-refractivity contribution in [3.63, 3.8) is 0 Å². The lowest BCUT2D eigenvalue weighted by molar-refractivity contribution is 0.445. The van der Waals surface area contributed by atoms with Crippen molar-refractivity contribution in [2.24, 2.45) is 5.73 Å². The first-order valence-electron chi connectivity index (χ1n) is 6.83. The van der Waals surface area contributed by atoms with Crippen LogP contribution in [-0.2, 0) is 0 Å². The van der Waals surface area contributed by atoms with Gasteiger partial charge in [-0.3, -0.25) is 0 Å². The third-order valence-corrected chi connectivity index (χ3v) is 3.91. The maximum Gasteiger partial charge on any atom is 0.186 e. The van der Waals surface area contributed by atoms with Gasteiger partial charge in [-0.15, -0.1) is 10.2 Å². The van der Waals surface area contributed by atoms with E-state index in [4.69, 9.17) is 5.73 Å². The van der Waals surface area contributed by atoms with Gasteiger partial charge in [-0.1, -0.05) is 32.0 Å². The number of nitriles is 1. The summed E-state index contributed by atoms with van der Waals surface area (Å²) in [6, 6.07) is 9.77. The van der Waals surface area contributed by atoms with E-state index in [0.29, 0.717) is 12.2 Å². The summed E-state index contributed by atoms with van der Waals surface area (Å²) >= 11 is 0. The zero-order chi connectivity index (χ0) is 14.6. The molecule has 0 aliphatic rings. The molecule has 5 nitrogen and oxygen atoms in total. The van der Waals surface area contributed by atoms with Crippen LogP contribution in [0, 0.1) is 11.3 Å². The first-order chi connectivity index (χ1) is 9.69. The zero-order valence-electron chi connectivity index (χ0n) is 11.8. The van der Waals surface area contributed by atoms with E-state index in [2.05, 4.69) is 35.4 Å². The van der Waals surface area contributed by atoms with Crippen molar-refractivity contribution in [3.8, 4) is 6.07 Å². The number of nitrogens with zero attached hydrogens (tertiary/aromatic N) is 3. The summed E-state index contributed by atoms with van der Waals surface area (Å²) in [6.45, 7) is 4.68. The number of rotatable bonds is 5. The molecular weight excluding hydrogens is 250 g/mol. The van der Waals surface area contributed by atoms with Gasteiger partial charge in [0.25, 0.3) is 0 Å². The molecule has 5 heteroatoms. The van der Waals surface area contributed by atoms with Crippen LogP contribution in [0.4, 0.5) is 5.69 Å². The van der Waals surface area contributed by atoms with Crippen molar-refractivity contribution in [2.45, 2.75) is 32.2 Å². The molecule has 0 saturated heterocycles. The molecule has 1 heterocycles. The van der Waals surface area contributed by atoms with Crippen molar-refractivity contribution in [2.75, 3.05) is 11.9 Å². The third kappa shape index (κ3) is 2.43. The molecule has 2 rings (SSSR count). The van der Waals surface area contributed by atoms with E-state index in [1.165, 1.54) is 0 Å². The second-order valence-electron chi connectivity index (χ2n) is 4.87. The minimum Gasteiger partial charge on any atom is -0.375 e. The van der Waals surface area contributed by atoms with Crippen LogP contribution in [0.3, 0.4) is 0 Å². The quantitative estimate of drug-likeness (QED) is 0.870. The molecule has 2 aromatic rings. The fourth-order valence-electron chi connectivity index (χ4n) is 2.29. The first-order valence-corrected chi connectivity index (χ1v) is 6.83. The Kier molecular flexibility index (Phi) is 4.16. The highest BCUT2D eigenvalue weighted by atomic mass is 15.1. The standard InChI is InChI=1S/C15H19N5/c1-3-15(4-2,10-17)18-14-11-7-5-6-8-12(11)19-20-13(14)9-16/h5-8H,3-4,10,17H2,1-2H3,(H,18,19). The molecule has 0 atom stereocenters. The highest BCUT2D eigenvalue weighted by Gasteiger charge is 2.26. The topological polar surface area (TPSA) is 87.6 Å². The number of hydrogen-bond donors (Lipinski definition) is 2. The molecule has 0 aliphatic heterocycles. The zero-order valence-corrected chi connectivity index (χ0v) is 11.8. The highest BCUT2D eigenvalue weighted by Crippen LogP contribution is 2.29. The molecule has 0 aliphatic carbocycles. The predicted molar refractivity (Wildman–Crippen MR) is 80.2 cm³/mol. The summed E-state index contributed by atoms with van der Waals surface area (Å²) < 4.78 is 0. The Bertz CT molecular complexity index is 632. The number of anilines is 1. The molecule has 0 unspecified atom stereocenters. The molecule has 0 bridgehead atoms. The van der Waals surface area contributed by atoms with Crippen molar-refractivity contribution >= 4 is 16.6 Å². The van der Waals surface area contributed by atoms with E-state index in [9.17, 15) is 5.26 Å². The minimum atomic E-state index is -0.225. The average molecular weight is 269 g/mol. The van der Waals surface area contributed by atoms with Gasteiger partial charge in [-0.25, -0.2) is 0 Å². The number of benzene rings is 1. The summed E-state index contributed by atoms with van der Waals surface area (Å²) in [5.41, 5.74) is 7.51. The Hall–Kier alpha value is -2.19. The Morgan fingerprint density at radius 1 is 1.25 bits per heavy atom. The lowest BCUT2D eigenvalue weighted by Crippen LogP contribution is -2.44. The largest absolute Gasteiger partial charge is 0.375 e. The van der Waals surface area contributed by atoms with Crippen LogP contribution < -0.4 is 11.1 Å². The molecule has 0 radical (unpaired) electrons. The highest BCUT2D eigenvalue weighted by molar-refractivity contribution is 5.93. The van der Waals surface area contributed by atoms with Crippen LogP contribution in [-0.4, -0.2) is 22.3 Å². The monoisotopic (exact) mass is 269 g/mol. The number of nitrogens with two attached hydrogens (primary N) is 1. The van der Waals surface area contributed by atoms with Gasteiger partial charge in [-0.05, 0) is 18.9 Å². The molecule has 0 fully saturated rings. The van der Waals surface area contributed by atoms with Gasteiger partial charge in [0.2, 0.25) is 0 Å². The van der Waals surface area contributed by atoms with Gasteiger partial charge in [0, 0.05) is 17.5 Å². The number of aromatic nitrogens is 2. The predicted octanol–water partition coefficient (Wildman–Crippen LogP) is 2.43. The fourth-order valence-corrected chi connectivity index (χ4v) is 2.29. The van der Waals surface area contributed by atoms with Gasteiger partial charge < -0.3 is 11.1 Å². The fraction of sp³-hybridized carbons (Fsp3) is 0.400. The van der Waals surface area contributed by atoms with Crippen LogP contribution in [0.15, 0.2) is 24.3 Å². The van der Waals surface area contributed by atoms with E-state index >= 15 is 0 Å². The minimum absolute atomic E-state index is 0.225. The lowest BCUT2D eigenvalue weighted by Gasteiger charge is -2.33. The Balaban J connectivity index is 2.60. The first kappa shape index (κ1) is 14.2. The van der Waals surface area contributed by atoms with Crippen molar-refractivity contribution < 1.29 is 0 Å². The van der Waals surface area contributed by atoms with Crippen molar-refractivity contribution in [1.82, 2.24) is 10.2 Å². The van der Waals surface area contributed by atoms with E-state index in [-0.39, 0.29) is 5.54 Å². The van der Waals surface area contributed by atoms with E-state index in [1.54, 1.807) is 0 Å². The van der Waals surface area contributed by atoms with Crippen molar-refractivity contribution in [1.29, 1.82) is 5.26 Å². The molecule has 0 amide bonds. The summed E-state index contributed by atoms with van der Waals surface area (Å²) in [7, 11) is 0. The molecule has 1 aromatic heterocycles. The van der Waals surface area contributed by atoms with Crippen molar-refractivity contribution in [3.05, 3.63) is 30.0 Å². The number of hydrogen-bond acceptors (Lipinski definition) is 5. The summed E-state index contributed by atoms with van der Waals surface area (Å²) in [5, 5.41) is 21.7. The Morgan fingerprint density at radius 2 is 1.95 bits per heavy atom. The Labute approximate surface area is 118 Å². The number of fused-ring (bicyclic) bond motifs is 1. The summed E-state index contributed by atoms with van der Waals surface area (Å²) in [6.07, 6.45) is 1.75. The molecule has 20 heavy (non-hydrogen) atoms. The summed E-state index contributed by atoms with van der Waals surface area (Å²) in [4.78, 5) is 0. The SMILES string of the molecule is CCC(CC)(CN)Nc1c(C#N)nnc2ccccc12. The van der Waals surface area contributed by atoms with Crippen LogP contribution in [0.2, 0.25) is 0 Å². The molecule has 0 spiro atoms. The van der Waals surface area contributed by atoms with Gasteiger partial charge in [-0.2, -0.15) is 5.26 Å². The molecule has 3 N–H and O–H groups in total. The molecule has 104 valence electrons. The number of nitrogens with one attached hydrogen (secondary N) is 1. The third-order valence-electron chi connectivity index (χ3n) is 3.91. The van der Waals surface area contributed by atoms with E-state index < -0.39 is 0 Å². The van der Waals surface area contributed by atoms with Gasteiger partial charge in [0.05, 0.1) is 11.2 Å². The Morgan fingerprint density at radius 3 is 2.55 bits per heavy atom. The summed E-state index contributed by atoms with van der Waals surface area (Å²) in [5.74, 6) is 0. The van der Waals surface area contributed by atoms with Crippen LogP contribution in [0.1, 0.15) is 32.4 Å². The molecule has 1 aromatic carbocycles. The van der Waals surface area contributed by atoms with Crippen LogP contribution in [0.5, 0.6) is 0 Å². The van der Waals surface area contributed by atoms with Gasteiger partial charge in [0.15, 0.2) is 5.69 Å². The molecule has 0 saturated carbocycles. The smallest absolute Gasteiger partial charge is 0.186 e. The van der Waals surface area contributed by atoms with E-state index in [1.807, 2.05) is 24.3 Å². The second-order valence-corrected chi connectivity index (χ2v) is 4.87. The van der Waals surface area contributed by atoms with Gasteiger partial charge in [0.1, 0.15) is 6.07 Å². The molecular formula is C15H19N5. The second kappa shape index (κ2) is 5.85. The lowest BCUT2D eigenvalue weighted by atomic mass is 9.92. The van der Waals surface area contributed by atoms with Crippen LogP contribution in [0.25, 0.3) is 10.9 Å². The van der Waals surface area contributed by atoms with Gasteiger partial charge >= 0.3 is 0 Å². The maximum absolute atomic E-state index is 9.27. The maximum atomic E-state index is 9.27. The normalized spacial score (nSPS) is 11.3. The van der Waals surface area contributed by atoms with Crippen LogP contribution >= 0.6 is 0 Å². The average Bonchev–Trinajstić information content (AvgIpc) is 2.52. The van der Waals surface area contributed by atoms with E-state index in [0.717, 1.165) is 29.4 Å².